The molecule has 50 valence electrons. The number of hydrogen-bond acceptors (Lipinski definition) is 1. The molecular weight excluding hydrogens is 225 g/mol. The molecule has 0 amide bonds. The molecule has 0 saturated heterocycles. The summed E-state index contributed by atoms with van der Waals surface area (Å²) >= 11 is 2.35. The van der Waals surface area contributed by atoms with Crippen LogP contribution in [0.1, 0.15) is 5.56 Å². The van der Waals surface area contributed by atoms with Gasteiger partial charge in [0, 0.05) is 4.43 Å². The lowest BCUT2D eigenvalue weighted by molar-refractivity contribution is 1.46. The van der Waals surface area contributed by atoms with Crippen LogP contribution in [0.4, 0.5) is 0 Å². The second-order valence-corrected chi connectivity index (χ2v) is 2.38. The summed E-state index contributed by atoms with van der Waals surface area (Å²) in [4.78, 5) is 0. The van der Waals surface area contributed by atoms with Crippen molar-refractivity contribution in [2.24, 2.45) is 0 Å². The second kappa shape index (κ2) is 4.76. The molecule has 0 radical (unpaired) electrons. The molecule has 3 N–H and O–H groups in total. The Balaban J connectivity index is 0.000000640. The molecule has 0 heterocycles. The van der Waals surface area contributed by atoms with Crippen LogP contribution in [0.3, 0.4) is 0 Å². The molecule has 1 aromatic carbocycles. The average Bonchev–Trinajstić information content (AvgIpc) is 1.90. The van der Waals surface area contributed by atoms with E-state index in [1.165, 1.54) is 5.56 Å². The van der Waals surface area contributed by atoms with Crippen LogP contribution in [-0.4, -0.2) is 0 Å². The van der Waals surface area contributed by atoms with E-state index in [2.05, 4.69) is 46.9 Å². The Morgan fingerprint density at radius 2 is 1.67 bits per heavy atom. The van der Waals surface area contributed by atoms with Crippen LogP contribution in [0.5, 0.6) is 0 Å². The summed E-state index contributed by atoms with van der Waals surface area (Å²) in [5, 5.41) is 0. The van der Waals surface area contributed by atoms with E-state index < -0.39 is 0 Å². The quantitative estimate of drug-likeness (QED) is 0.589. The van der Waals surface area contributed by atoms with Crippen molar-refractivity contribution in [3.63, 3.8) is 0 Å². The summed E-state index contributed by atoms with van der Waals surface area (Å²) in [7, 11) is 0. The van der Waals surface area contributed by atoms with Crippen molar-refractivity contribution in [3.8, 4) is 0 Å². The average molecular weight is 235 g/mol. The number of benzene rings is 1. The van der Waals surface area contributed by atoms with Crippen LogP contribution in [-0.2, 0) is 4.43 Å². The summed E-state index contributed by atoms with van der Waals surface area (Å²) in [5.74, 6) is 0. The molecule has 0 fully saturated rings. The predicted molar refractivity (Wildman–Crippen MR) is 49.2 cm³/mol. The van der Waals surface area contributed by atoms with Crippen molar-refractivity contribution in [3.05, 3.63) is 35.9 Å². The van der Waals surface area contributed by atoms with Crippen molar-refractivity contribution in [2.75, 3.05) is 0 Å². The Morgan fingerprint density at radius 1 is 1.11 bits per heavy atom. The summed E-state index contributed by atoms with van der Waals surface area (Å²) in [6, 6.07) is 10.4. The van der Waals surface area contributed by atoms with E-state index in [9.17, 15) is 0 Å². The van der Waals surface area contributed by atoms with Gasteiger partial charge in [0.25, 0.3) is 0 Å². The highest BCUT2D eigenvalue weighted by Crippen LogP contribution is 2.02. The molecule has 0 unspecified atom stereocenters. The summed E-state index contributed by atoms with van der Waals surface area (Å²) < 4.78 is 1.11. The monoisotopic (exact) mass is 235 g/mol. The Morgan fingerprint density at radius 3 is 2.00 bits per heavy atom. The Bertz CT molecular complexity index is 150. The van der Waals surface area contributed by atoms with Crippen LogP contribution < -0.4 is 6.15 Å². The van der Waals surface area contributed by atoms with E-state index >= 15 is 0 Å². The molecular formula is C7H10IN. The molecule has 0 aliphatic heterocycles. The summed E-state index contributed by atoms with van der Waals surface area (Å²) in [5.41, 5.74) is 1.40. The van der Waals surface area contributed by atoms with E-state index in [1.807, 2.05) is 6.07 Å². The highest BCUT2D eigenvalue weighted by atomic mass is 127. The topological polar surface area (TPSA) is 35.0 Å². The Hall–Kier alpha value is -0.0900. The minimum absolute atomic E-state index is 0. The van der Waals surface area contributed by atoms with Crippen molar-refractivity contribution >= 4 is 22.6 Å². The van der Waals surface area contributed by atoms with Crippen molar-refractivity contribution in [2.45, 2.75) is 4.43 Å². The van der Waals surface area contributed by atoms with E-state index in [0.29, 0.717) is 0 Å². The lowest BCUT2D eigenvalue weighted by Crippen LogP contribution is -1.70. The van der Waals surface area contributed by atoms with Gasteiger partial charge in [-0.15, -0.1) is 0 Å². The highest BCUT2D eigenvalue weighted by molar-refractivity contribution is 14.1. The van der Waals surface area contributed by atoms with Gasteiger partial charge in [-0.25, -0.2) is 0 Å². The normalized spacial score (nSPS) is 8.11. The molecule has 0 spiro atoms. The van der Waals surface area contributed by atoms with Gasteiger partial charge in [0.2, 0.25) is 0 Å². The van der Waals surface area contributed by atoms with Crippen LogP contribution >= 0.6 is 22.6 Å². The minimum atomic E-state index is 0. The molecule has 0 aliphatic carbocycles. The zero-order valence-electron chi connectivity index (χ0n) is 5.18. The largest absolute Gasteiger partial charge is 0.344 e. The summed E-state index contributed by atoms with van der Waals surface area (Å²) in [6.07, 6.45) is 0. The Kier molecular flexibility index (Phi) is 4.71. The number of hydrogen-bond donors (Lipinski definition) is 1. The standard InChI is InChI=1S/C7H7I.H3N/c8-6-7-4-2-1-3-5-7;/h1-5H,6H2;1H3. The smallest absolute Gasteiger partial charge is 0.0247 e. The zero-order chi connectivity index (χ0) is 5.82. The van der Waals surface area contributed by atoms with Crippen LogP contribution in [0.15, 0.2) is 30.3 Å². The summed E-state index contributed by atoms with van der Waals surface area (Å²) in [6.45, 7) is 0. The number of halogens is 1. The number of alkyl halides is 1. The predicted octanol–water partition coefficient (Wildman–Crippen LogP) is 2.78. The van der Waals surface area contributed by atoms with Gasteiger partial charge in [0.15, 0.2) is 0 Å². The lowest BCUT2D eigenvalue weighted by atomic mass is 10.2. The van der Waals surface area contributed by atoms with Gasteiger partial charge in [-0.3, -0.25) is 0 Å². The first-order valence-electron chi connectivity index (χ1n) is 2.53. The molecule has 0 saturated carbocycles. The van der Waals surface area contributed by atoms with Crippen LogP contribution in [0.2, 0.25) is 0 Å². The fourth-order valence-corrected chi connectivity index (χ4v) is 1.08. The first-order chi connectivity index (χ1) is 3.93. The van der Waals surface area contributed by atoms with Crippen molar-refractivity contribution < 1.29 is 0 Å². The SMILES string of the molecule is ICc1ccccc1.N. The highest BCUT2D eigenvalue weighted by Gasteiger charge is 1.81. The van der Waals surface area contributed by atoms with E-state index in [0.717, 1.165) is 4.43 Å². The van der Waals surface area contributed by atoms with Gasteiger partial charge < -0.3 is 6.15 Å². The maximum absolute atomic E-state index is 2.35. The fourth-order valence-electron chi connectivity index (χ4n) is 0.567. The molecule has 1 aromatic rings. The molecule has 0 bridgehead atoms. The van der Waals surface area contributed by atoms with Gasteiger partial charge >= 0.3 is 0 Å². The maximum atomic E-state index is 2.35. The van der Waals surface area contributed by atoms with Crippen molar-refractivity contribution in [1.82, 2.24) is 6.15 Å². The van der Waals surface area contributed by atoms with Crippen LogP contribution in [0, 0.1) is 0 Å². The van der Waals surface area contributed by atoms with Crippen LogP contribution in [0.25, 0.3) is 0 Å². The first kappa shape index (κ1) is 8.91. The molecule has 2 heteroatoms. The fraction of sp³-hybridized carbons (Fsp3) is 0.143. The third kappa shape index (κ3) is 2.81. The third-order valence-electron chi connectivity index (χ3n) is 0.997. The molecule has 1 nitrogen and oxygen atoms in total. The third-order valence-corrected chi connectivity index (χ3v) is 1.88. The van der Waals surface area contributed by atoms with Gasteiger partial charge in [-0.1, -0.05) is 52.9 Å². The van der Waals surface area contributed by atoms with Gasteiger partial charge in [-0.2, -0.15) is 0 Å². The zero-order valence-corrected chi connectivity index (χ0v) is 7.34. The molecule has 0 aliphatic rings. The minimum Gasteiger partial charge on any atom is -0.344 e. The number of rotatable bonds is 1. The van der Waals surface area contributed by atoms with Gasteiger partial charge in [0.1, 0.15) is 0 Å². The molecule has 0 atom stereocenters. The van der Waals surface area contributed by atoms with Crippen molar-refractivity contribution in [1.29, 1.82) is 0 Å². The molecule has 1 rings (SSSR count). The molecule has 9 heavy (non-hydrogen) atoms. The lowest BCUT2D eigenvalue weighted by Gasteiger charge is -1.88. The molecule has 0 aromatic heterocycles. The first-order valence-corrected chi connectivity index (χ1v) is 4.06. The van der Waals surface area contributed by atoms with Gasteiger partial charge in [-0.05, 0) is 5.56 Å². The second-order valence-electron chi connectivity index (χ2n) is 1.62. The van der Waals surface area contributed by atoms with E-state index in [4.69, 9.17) is 0 Å². The van der Waals surface area contributed by atoms with Gasteiger partial charge in [0.05, 0.1) is 0 Å². The Labute approximate surface area is 69.2 Å². The van der Waals surface area contributed by atoms with E-state index in [-0.39, 0.29) is 6.15 Å². The maximum Gasteiger partial charge on any atom is 0.0247 e. The van der Waals surface area contributed by atoms with E-state index in [1.54, 1.807) is 0 Å².